The molecule has 1 aromatic heterocycles. The van der Waals surface area contributed by atoms with Crippen LogP contribution in [0.5, 0.6) is 0 Å². The van der Waals surface area contributed by atoms with Crippen molar-refractivity contribution in [3.05, 3.63) is 57.0 Å². The number of piperazine rings is 1. The van der Waals surface area contributed by atoms with Crippen LogP contribution in [0.2, 0.25) is 5.02 Å². The number of nitrogens with one attached hydrogen (secondary N) is 1. The molecule has 0 aliphatic carbocycles. The predicted molar refractivity (Wildman–Crippen MR) is 104 cm³/mol. The highest BCUT2D eigenvalue weighted by Gasteiger charge is 2.28. The van der Waals surface area contributed by atoms with Crippen molar-refractivity contribution in [2.75, 3.05) is 19.6 Å². The fourth-order valence-corrected chi connectivity index (χ4v) is 3.38. The zero-order valence-electron chi connectivity index (χ0n) is 14.8. The number of imidazole rings is 1. The topological polar surface area (TPSA) is 93.3 Å². The second-order valence-electron chi connectivity index (χ2n) is 6.21. The molecule has 1 N–H and O–H groups in total. The summed E-state index contributed by atoms with van der Waals surface area (Å²) in [4.78, 5) is 28.8. The lowest BCUT2D eigenvalue weighted by Gasteiger charge is -2.36. The summed E-state index contributed by atoms with van der Waals surface area (Å²) in [6.45, 7) is 4.06. The Labute approximate surface area is 168 Å². The highest BCUT2D eigenvalue weighted by molar-refractivity contribution is 6.30. The minimum absolute atomic E-state index is 0. The van der Waals surface area contributed by atoms with Gasteiger partial charge in [0.2, 0.25) is 11.7 Å². The molecule has 2 heterocycles. The van der Waals surface area contributed by atoms with Gasteiger partial charge in [-0.05, 0) is 27.6 Å². The molecule has 0 saturated carbocycles. The van der Waals surface area contributed by atoms with E-state index >= 15 is 0 Å². The largest absolute Gasteiger partial charge is 0.381 e. The van der Waals surface area contributed by atoms with E-state index in [0.29, 0.717) is 30.5 Å². The Kier molecular flexibility index (Phi) is 7.18. The molecule has 0 radical (unpaired) electrons. The molecule has 1 saturated heterocycles. The second-order valence-corrected chi connectivity index (χ2v) is 6.65. The lowest BCUT2D eigenvalue weighted by atomic mass is 10.0. The average Bonchev–Trinajstić information content (AvgIpc) is 3.01. The van der Waals surface area contributed by atoms with Crippen molar-refractivity contribution < 1.29 is 9.72 Å². The number of halogens is 2. The van der Waals surface area contributed by atoms with Crippen molar-refractivity contribution in [1.29, 1.82) is 0 Å². The first-order valence-corrected chi connectivity index (χ1v) is 8.77. The number of aryl methyl sites for hydroxylation is 2. The molecule has 1 fully saturated rings. The van der Waals surface area contributed by atoms with Crippen LogP contribution in [0.25, 0.3) is 0 Å². The van der Waals surface area contributed by atoms with Crippen molar-refractivity contribution in [3.8, 4) is 0 Å². The molecule has 1 aromatic carbocycles. The standard InChI is InChI=1S/C17H20ClN5O3.ClH/c1-12-20-16(23(25)26)11-21(12)7-5-17(24)22-8-6-19-10-15(22)13-3-2-4-14(18)9-13;/h2-4,9,11,15,19H,5-8,10H2,1H3;1H. The predicted octanol–water partition coefficient (Wildman–Crippen LogP) is 2.74. The Hall–Kier alpha value is -2.16. The van der Waals surface area contributed by atoms with Gasteiger partial charge in [0, 0.05) is 44.5 Å². The van der Waals surface area contributed by atoms with E-state index in [9.17, 15) is 14.9 Å². The number of carbonyl (C=O) groups is 1. The molecule has 1 amide bonds. The van der Waals surface area contributed by atoms with Crippen LogP contribution in [0.3, 0.4) is 0 Å². The number of nitrogens with zero attached hydrogens (tertiary/aromatic N) is 4. The first kappa shape index (κ1) is 21.1. The highest BCUT2D eigenvalue weighted by atomic mass is 35.5. The fraction of sp³-hybridized carbons (Fsp3) is 0.412. The molecule has 1 aliphatic rings. The van der Waals surface area contributed by atoms with Gasteiger partial charge in [-0.25, -0.2) is 0 Å². The summed E-state index contributed by atoms with van der Waals surface area (Å²) < 4.78 is 1.65. The van der Waals surface area contributed by atoms with E-state index in [4.69, 9.17) is 11.6 Å². The number of aromatic nitrogens is 2. The van der Waals surface area contributed by atoms with Gasteiger partial charge in [0.15, 0.2) is 0 Å². The van der Waals surface area contributed by atoms with Gasteiger partial charge in [-0.2, -0.15) is 0 Å². The number of carbonyl (C=O) groups excluding carboxylic acids is 1. The van der Waals surface area contributed by atoms with E-state index in [1.807, 2.05) is 29.2 Å². The molecule has 1 aliphatic heterocycles. The Morgan fingerprint density at radius 2 is 2.26 bits per heavy atom. The van der Waals surface area contributed by atoms with E-state index in [1.165, 1.54) is 6.20 Å². The lowest BCUT2D eigenvalue weighted by Crippen LogP contribution is -2.48. The quantitative estimate of drug-likeness (QED) is 0.600. The number of nitro groups is 1. The van der Waals surface area contributed by atoms with Crippen molar-refractivity contribution in [2.45, 2.75) is 25.9 Å². The number of hydrogen-bond acceptors (Lipinski definition) is 5. The van der Waals surface area contributed by atoms with Gasteiger partial charge in [0.1, 0.15) is 6.20 Å². The molecular formula is C17H21Cl2N5O3. The van der Waals surface area contributed by atoms with Gasteiger partial charge in [-0.1, -0.05) is 23.7 Å². The second kappa shape index (κ2) is 9.16. The van der Waals surface area contributed by atoms with Gasteiger partial charge in [0.05, 0.1) is 6.04 Å². The van der Waals surface area contributed by atoms with Crippen LogP contribution in [-0.4, -0.2) is 44.9 Å². The summed E-state index contributed by atoms with van der Waals surface area (Å²) in [7, 11) is 0. The third-order valence-electron chi connectivity index (χ3n) is 4.51. The fourth-order valence-electron chi connectivity index (χ4n) is 3.18. The Balaban J connectivity index is 0.00000261. The summed E-state index contributed by atoms with van der Waals surface area (Å²) in [5, 5.41) is 14.8. The van der Waals surface area contributed by atoms with Gasteiger partial charge >= 0.3 is 5.82 Å². The van der Waals surface area contributed by atoms with Crippen molar-refractivity contribution in [2.24, 2.45) is 0 Å². The molecule has 8 nitrogen and oxygen atoms in total. The van der Waals surface area contributed by atoms with E-state index in [0.717, 1.165) is 12.1 Å². The number of benzene rings is 1. The maximum absolute atomic E-state index is 12.8. The third kappa shape index (κ3) is 4.97. The van der Waals surface area contributed by atoms with Crippen molar-refractivity contribution in [1.82, 2.24) is 19.8 Å². The van der Waals surface area contributed by atoms with E-state index in [1.54, 1.807) is 11.5 Å². The van der Waals surface area contributed by atoms with Crippen molar-refractivity contribution in [3.63, 3.8) is 0 Å². The molecule has 0 spiro atoms. The summed E-state index contributed by atoms with van der Waals surface area (Å²) in [6, 6.07) is 7.45. The number of hydrogen-bond donors (Lipinski definition) is 1. The first-order valence-electron chi connectivity index (χ1n) is 8.39. The minimum Gasteiger partial charge on any atom is -0.358 e. The summed E-state index contributed by atoms with van der Waals surface area (Å²) >= 11 is 6.09. The van der Waals surface area contributed by atoms with Crippen LogP contribution in [0.4, 0.5) is 5.82 Å². The molecule has 2 aromatic rings. The molecule has 1 unspecified atom stereocenters. The molecule has 146 valence electrons. The first-order chi connectivity index (χ1) is 12.5. The Morgan fingerprint density at radius 3 is 2.93 bits per heavy atom. The highest BCUT2D eigenvalue weighted by Crippen LogP contribution is 2.25. The average molecular weight is 414 g/mol. The zero-order valence-corrected chi connectivity index (χ0v) is 16.4. The maximum atomic E-state index is 12.8. The SMILES string of the molecule is Cc1nc([N+](=O)[O-])cn1CCC(=O)N1CCNCC1c1cccc(Cl)c1.Cl. The van der Waals surface area contributed by atoms with E-state index in [2.05, 4.69) is 10.3 Å². The zero-order chi connectivity index (χ0) is 18.7. The van der Waals surface area contributed by atoms with Gasteiger partial charge in [-0.15, -0.1) is 12.4 Å². The van der Waals surface area contributed by atoms with Gasteiger partial charge in [0.25, 0.3) is 0 Å². The molecular weight excluding hydrogens is 393 g/mol. The monoisotopic (exact) mass is 413 g/mol. The van der Waals surface area contributed by atoms with Crippen LogP contribution in [-0.2, 0) is 11.3 Å². The van der Waals surface area contributed by atoms with E-state index < -0.39 is 4.92 Å². The summed E-state index contributed by atoms with van der Waals surface area (Å²) in [5.74, 6) is 0.331. The molecule has 0 bridgehead atoms. The Morgan fingerprint density at radius 1 is 1.48 bits per heavy atom. The van der Waals surface area contributed by atoms with Crippen LogP contribution < -0.4 is 5.32 Å². The third-order valence-corrected chi connectivity index (χ3v) is 4.75. The smallest absolute Gasteiger partial charge is 0.358 e. The normalized spacial score (nSPS) is 16.7. The van der Waals surface area contributed by atoms with Crippen molar-refractivity contribution >= 4 is 35.7 Å². The van der Waals surface area contributed by atoms with Gasteiger partial charge < -0.3 is 24.9 Å². The van der Waals surface area contributed by atoms with Crippen LogP contribution in [0, 0.1) is 17.0 Å². The van der Waals surface area contributed by atoms with Crippen LogP contribution >= 0.6 is 24.0 Å². The maximum Gasteiger partial charge on any atom is 0.381 e. The summed E-state index contributed by atoms with van der Waals surface area (Å²) in [6.07, 6.45) is 1.63. The number of amides is 1. The summed E-state index contributed by atoms with van der Waals surface area (Å²) in [5.41, 5.74) is 0.993. The minimum atomic E-state index is -0.531. The van der Waals surface area contributed by atoms with Crippen LogP contribution in [0.1, 0.15) is 23.9 Å². The molecule has 1 atom stereocenters. The molecule has 10 heteroatoms. The Bertz CT molecular complexity index is 827. The molecule has 3 rings (SSSR count). The lowest BCUT2D eigenvalue weighted by molar-refractivity contribution is -0.389. The molecule has 27 heavy (non-hydrogen) atoms. The van der Waals surface area contributed by atoms with E-state index in [-0.39, 0.29) is 36.6 Å². The number of rotatable bonds is 5. The van der Waals surface area contributed by atoms with Gasteiger partial charge in [-0.3, -0.25) is 4.79 Å². The van der Waals surface area contributed by atoms with Crippen LogP contribution in [0.15, 0.2) is 30.5 Å².